The molecule has 4 rings (SSSR count). The summed E-state index contributed by atoms with van der Waals surface area (Å²) in [4.78, 5) is 22.2. The van der Waals surface area contributed by atoms with Crippen molar-refractivity contribution >= 4 is 16.6 Å². The van der Waals surface area contributed by atoms with Crippen molar-refractivity contribution in [1.82, 2.24) is 9.97 Å². The van der Waals surface area contributed by atoms with E-state index in [1.807, 2.05) is 24.3 Å². The van der Waals surface area contributed by atoms with E-state index >= 15 is 0 Å². The third-order valence-corrected chi connectivity index (χ3v) is 4.65. The summed E-state index contributed by atoms with van der Waals surface area (Å²) in [7, 11) is 0. The molecule has 3 aromatic rings. The molecule has 1 aliphatic rings. The van der Waals surface area contributed by atoms with Crippen molar-refractivity contribution < 1.29 is 0 Å². The Morgan fingerprint density at radius 1 is 1.17 bits per heavy atom. The molecule has 0 bridgehead atoms. The zero-order chi connectivity index (χ0) is 15.8. The average molecular weight is 305 g/mol. The SMILES string of the molecule is C[C@@H]1CCc2ccccc2N1Cc1nc2ccccc2c(=O)[nH]1. The second kappa shape index (κ2) is 5.54. The first kappa shape index (κ1) is 14.0. The van der Waals surface area contributed by atoms with Crippen LogP contribution in [0.4, 0.5) is 5.69 Å². The number of fused-ring (bicyclic) bond motifs is 2. The second-order valence-electron chi connectivity index (χ2n) is 6.17. The van der Waals surface area contributed by atoms with Crippen molar-refractivity contribution in [3.63, 3.8) is 0 Å². The Bertz CT molecular complexity index is 916. The van der Waals surface area contributed by atoms with E-state index in [2.05, 4.69) is 46.1 Å². The first-order valence-electron chi connectivity index (χ1n) is 8.05. The van der Waals surface area contributed by atoms with Crippen LogP contribution in [-0.2, 0) is 13.0 Å². The molecule has 1 aliphatic heterocycles. The van der Waals surface area contributed by atoms with Crippen LogP contribution in [0.2, 0.25) is 0 Å². The minimum absolute atomic E-state index is 0.0662. The number of benzene rings is 2. The fourth-order valence-corrected chi connectivity index (χ4v) is 3.37. The molecule has 1 atom stereocenters. The van der Waals surface area contributed by atoms with Gasteiger partial charge < -0.3 is 9.88 Å². The molecule has 0 saturated carbocycles. The maximum absolute atomic E-state index is 12.3. The van der Waals surface area contributed by atoms with Gasteiger partial charge in [0.2, 0.25) is 0 Å². The van der Waals surface area contributed by atoms with Crippen LogP contribution >= 0.6 is 0 Å². The molecule has 0 unspecified atom stereocenters. The highest BCUT2D eigenvalue weighted by Gasteiger charge is 2.23. The Labute approximate surface area is 134 Å². The van der Waals surface area contributed by atoms with E-state index in [0.717, 1.165) is 24.2 Å². The van der Waals surface area contributed by atoms with E-state index in [4.69, 9.17) is 0 Å². The van der Waals surface area contributed by atoms with Gasteiger partial charge in [-0.2, -0.15) is 0 Å². The van der Waals surface area contributed by atoms with Gasteiger partial charge in [0.1, 0.15) is 5.82 Å². The van der Waals surface area contributed by atoms with E-state index in [-0.39, 0.29) is 5.56 Å². The van der Waals surface area contributed by atoms with Gasteiger partial charge in [0.15, 0.2) is 0 Å². The van der Waals surface area contributed by atoms with E-state index in [1.165, 1.54) is 11.3 Å². The number of hydrogen-bond donors (Lipinski definition) is 1. The molecule has 116 valence electrons. The number of hydrogen-bond acceptors (Lipinski definition) is 3. The molecular weight excluding hydrogens is 286 g/mol. The molecule has 2 heterocycles. The van der Waals surface area contributed by atoms with Crippen LogP contribution < -0.4 is 10.5 Å². The molecule has 4 nitrogen and oxygen atoms in total. The summed E-state index contributed by atoms with van der Waals surface area (Å²) in [5, 5.41) is 0.642. The van der Waals surface area contributed by atoms with Crippen LogP contribution in [-0.4, -0.2) is 16.0 Å². The van der Waals surface area contributed by atoms with Crippen molar-refractivity contribution in [3.05, 3.63) is 70.3 Å². The third kappa shape index (κ3) is 2.50. The van der Waals surface area contributed by atoms with E-state index in [1.54, 1.807) is 0 Å². The number of H-pyrrole nitrogens is 1. The molecule has 1 aromatic heterocycles. The number of anilines is 1. The van der Waals surface area contributed by atoms with Gasteiger partial charge in [-0.3, -0.25) is 4.79 Å². The smallest absolute Gasteiger partial charge is 0.258 e. The van der Waals surface area contributed by atoms with Crippen LogP contribution in [0.1, 0.15) is 24.7 Å². The Kier molecular flexibility index (Phi) is 3.37. The number of nitrogens with one attached hydrogen (secondary N) is 1. The minimum Gasteiger partial charge on any atom is -0.361 e. The molecule has 4 heteroatoms. The third-order valence-electron chi connectivity index (χ3n) is 4.65. The highest BCUT2D eigenvalue weighted by atomic mass is 16.1. The largest absolute Gasteiger partial charge is 0.361 e. The normalized spacial score (nSPS) is 17.3. The predicted octanol–water partition coefficient (Wildman–Crippen LogP) is 3.26. The Morgan fingerprint density at radius 2 is 1.96 bits per heavy atom. The second-order valence-corrected chi connectivity index (χ2v) is 6.17. The average Bonchev–Trinajstić information content (AvgIpc) is 2.58. The highest BCUT2D eigenvalue weighted by molar-refractivity contribution is 5.77. The van der Waals surface area contributed by atoms with E-state index in [9.17, 15) is 4.79 Å². The van der Waals surface area contributed by atoms with Crippen LogP contribution in [0.25, 0.3) is 10.9 Å². The topological polar surface area (TPSA) is 49.0 Å². The monoisotopic (exact) mass is 305 g/mol. The summed E-state index contributed by atoms with van der Waals surface area (Å²) in [5.74, 6) is 0.720. The van der Waals surface area contributed by atoms with Gasteiger partial charge in [-0.1, -0.05) is 30.3 Å². The van der Waals surface area contributed by atoms with Gasteiger partial charge in [-0.05, 0) is 43.5 Å². The van der Waals surface area contributed by atoms with Crippen molar-refractivity contribution in [3.8, 4) is 0 Å². The lowest BCUT2D eigenvalue weighted by Crippen LogP contribution is -2.37. The maximum Gasteiger partial charge on any atom is 0.258 e. The molecule has 23 heavy (non-hydrogen) atoms. The first-order chi connectivity index (χ1) is 11.2. The lowest BCUT2D eigenvalue weighted by Gasteiger charge is -2.36. The minimum atomic E-state index is -0.0662. The number of aromatic amines is 1. The fraction of sp³-hybridized carbons (Fsp3) is 0.263. The Morgan fingerprint density at radius 3 is 2.87 bits per heavy atom. The van der Waals surface area contributed by atoms with Crippen LogP contribution in [0.15, 0.2) is 53.3 Å². The van der Waals surface area contributed by atoms with Crippen molar-refractivity contribution in [2.75, 3.05) is 4.90 Å². The van der Waals surface area contributed by atoms with E-state index in [0.29, 0.717) is 18.0 Å². The molecular formula is C19H19N3O. The standard InChI is InChI=1S/C19H19N3O/c1-13-10-11-14-6-2-5-9-17(14)22(13)12-18-20-16-8-4-3-7-15(16)19(23)21-18/h2-9,13H,10-12H2,1H3,(H,20,21,23)/t13-/m1/s1. The molecule has 0 spiro atoms. The first-order valence-corrected chi connectivity index (χ1v) is 8.05. The molecule has 1 N–H and O–H groups in total. The van der Waals surface area contributed by atoms with Gasteiger partial charge in [0.05, 0.1) is 17.4 Å². The lowest BCUT2D eigenvalue weighted by molar-refractivity contribution is 0.552. The number of aromatic nitrogens is 2. The number of para-hydroxylation sites is 2. The zero-order valence-corrected chi connectivity index (χ0v) is 13.1. The van der Waals surface area contributed by atoms with Gasteiger partial charge >= 0.3 is 0 Å². The number of aryl methyl sites for hydroxylation is 1. The zero-order valence-electron chi connectivity index (χ0n) is 13.1. The van der Waals surface area contributed by atoms with E-state index < -0.39 is 0 Å². The fourth-order valence-electron chi connectivity index (χ4n) is 3.37. The molecule has 0 fully saturated rings. The van der Waals surface area contributed by atoms with Gasteiger partial charge in [0.25, 0.3) is 5.56 Å². The molecule has 0 radical (unpaired) electrons. The Balaban J connectivity index is 1.74. The van der Waals surface area contributed by atoms with Gasteiger partial charge in [-0.25, -0.2) is 4.98 Å². The van der Waals surface area contributed by atoms with Crippen LogP contribution in [0.3, 0.4) is 0 Å². The van der Waals surface area contributed by atoms with Gasteiger partial charge in [0, 0.05) is 11.7 Å². The summed E-state index contributed by atoms with van der Waals surface area (Å²) in [6.07, 6.45) is 2.23. The summed E-state index contributed by atoms with van der Waals surface area (Å²) >= 11 is 0. The molecule has 0 saturated heterocycles. The summed E-state index contributed by atoms with van der Waals surface area (Å²) in [6.45, 7) is 2.85. The van der Waals surface area contributed by atoms with Crippen molar-refractivity contribution in [1.29, 1.82) is 0 Å². The highest BCUT2D eigenvalue weighted by Crippen LogP contribution is 2.31. The lowest BCUT2D eigenvalue weighted by atomic mass is 9.96. The van der Waals surface area contributed by atoms with Crippen LogP contribution in [0.5, 0.6) is 0 Å². The Hall–Kier alpha value is -2.62. The van der Waals surface area contributed by atoms with Crippen LogP contribution in [0, 0.1) is 0 Å². The maximum atomic E-state index is 12.3. The van der Waals surface area contributed by atoms with Crippen molar-refractivity contribution in [2.45, 2.75) is 32.4 Å². The van der Waals surface area contributed by atoms with Crippen molar-refractivity contribution in [2.24, 2.45) is 0 Å². The molecule has 0 amide bonds. The summed E-state index contributed by atoms with van der Waals surface area (Å²) in [5.41, 5.74) is 3.31. The molecule has 2 aromatic carbocycles. The number of nitrogens with zero attached hydrogens (tertiary/aromatic N) is 2. The quantitative estimate of drug-likeness (QED) is 0.790. The van der Waals surface area contributed by atoms with Gasteiger partial charge in [-0.15, -0.1) is 0 Å². The molecule has 0 aliphatic carbocycles. The predicted molar refractivity (Wildman–Crippen MR) is 92.8 cm³/mol. The number of rotatable bonds is 2. The summed E-state index contributed by atoms with van der Waals surface area (Å²) in [6, 6.07) is 16.4. The summed E-state index contributed by atoms with van der Waals surface area (Å²) < 4.78 is 0.